The molecule has 1 unspecified atom stereocenters. The molecule has 1 aliphatic rings. The quantitative estimate of drug-likeness (QED) is 0.732. The van der Waals surface area contributed by atoms with Gasteiger partial charge in [-0.3, -0.25) is 4.79 Å². The first-order chi connectivity index (χ1) is 6.45. The number of rotatable bonds is 3. The number of hydrogen-bond acceptors (Lipinski definition) is 2. The molecular formula is C8H16N2O3S. The standard InChI is InChI=1S/C8H16N2O3S/c1-6(2)9-4-5-10(14(9)13)7(3)8(11)12/h6-7H,4-5H2,1-3H3,(H,11,12)/t7-,14?/m1/s1. The lowest BCUT2D eigenvalue weighted by atomic mass is 10.3. The van der Waals surface area contributed by atoms with E-state index in [1.54, 1.807) is 11.2 Å². The van der Waals surface area contributed by atoms with Crippen LogP contribution in [0.15, 0.2) is 0 Å². The second-order valence-corrected chi connectivity index (χ2v) is 5.02. The normalized spacial score (nSPS) is 27.0. The molecule has 0 aromatic carbocycles. The van der Waals surface area contributed by atoms with Crippen LogP contribution in [0.5, 0.6) is 0 Å². The van der Waals surface area contributed by atoms with Gasteiger partial charge >= 0.3 is 5.97 Å². The molecule has 0 amide bonds. The maximum atomic E-state index is 11.8. The third-order valence-corrected chi connectivity index (χ3v) is 4.21. The summed E-state index contributed by atoms with van der Waals surface area (Å²) in [7, 11) is 0. The monoisotopic (exact) mass is 220 g/mol. The average Bonchev–Trinajstić information content (AvgIpc) is 2.45. The fraction of sp³-hybridized carbons (Fsp3) is 0.875. The lowest BCUT2D eigenvalue weighted by Gasteiger charge is -2.21. The number of hydrogen-bond donors (Lipinski definition) is 1. The zero-order valence-corrected chi connectivity index (χ0v) is 9.45. The molecule has 1 aliphatic heterocycles. The molecular weight excluding hydrogens is 204 g/mol. The summed E-state index contributed by atoms with van der Waals surface area (Å²) in [5.41, 5.74) is 0. The molecule has 1 heterocycles. The Balaban J connectivity index is 2.69. The van der Waals surface area contributed by atoms with Gasteiger partial charge in [-0.1, -0.05) is 0 Å². The molecule has 0 radical (unpaired) electrons. The molecule has 1 saturated heterocycles. The van der Waals surface area contributed by atoms with Crippen LogP contribution in [0.4, 0.5) is 0 Å². The maximum absolute atomic E-state index is 11.8. The van der Waals surface area contributed by atoms with Gasteiger partial charge in [0, 0.05) is 19.1 Å². The van der Waals surface area contributed by atoms with E-state index in [4.69, 9.17) is 5.11 Å². The van der Waals surface area contributed by atoms with Crippen molar-refractivity contribution in [3.8, 4) is 0 Å². The van der Waals surface area contributed by atoms with Crippen molar-refractivity contribution in [1.82, 2.24) is 8.61 Å². The predicted octanol–water partition coefficient (Wildman–Crippen LogP) is 0.0642. The second kappa shape index (κ2) is 4.37. The van der Waals surface area contributed by atoms with Crippen LogP contribution in [-0.2, 0) is 16.0 Å². The summed E-state index contributed by atoms with van der Waals surface area (Å²) < 4.78 is 15.1. The van der Waals surface area contributed by atoms with Crippen LogP contribution in [-0.4, -0.2) is 49.1 Å². The van der Waals surface area contributed by atoms with Gasteiger partial charge in [-0.05, 0) is 20.8 Å². The van der Waals surface area contributed by atoms with Crippen LogP contribution >= 0.6 is 0 Å². The van der Waals surface area contributed by atoms with E-state index in [1.165, 1.54) is 4.31 Å². The molecule has 0 aromatic rings. The lowest BCUT2D eigenvalue weighted by molar-refractivity contribution is -0.140. The molecule has 0 saturated carbocycles. The fourth-order valence-corrected chi connectivity index (χ4v) is 2.85. The minimum Gasteiger partial charge on any atom is -0.480 e. The maximum Gasteiger partial charge on any atom is 0.321 e. The van der Waals surface area contributed by atoms with Crippen molar-refractivity contribution in [3.05, 3.63) is 0 Å². The summed E-state index contributed by atoms with van der Waals surface area (Å²) in [6, 6.07) is -0.499. The summed E-state index contributed by atoms with van der Waals surface area (Å²) in [5.74, 6) is -0.927. The molecule has 0 bridgehead atoms. The van der Waals surface area contributed by atoms with Gasteiger partial charge in [-0.15, -0.1) is 0 Å². The smallest absolute Gasteiger partial charge is 0.321 e. The van der Waals surface area contributed by atoms with Crippen molar-refractivity contribution in [3.63, 3.8) is 0 Å². The van der Waals surface area contributed by atoms with Gasteiger partial charge in [0.25, 0.3) is 0 Å². The Bertz CT molecular complexity index is 257. The van der Waals surface area contributed by atoms with Crippen LogP contribution < -0.4 is 0 Å². The number of carboxylic acids is 1. The molecule has 1 fully saturated rings. The van der Waals surface area contributed by atoms with Crippen molar-refractivity contribution >= 4 is 17.1 Å². The fourth-order valence-electron chi connectivity index (χ4n) is 1.38. The third-order valence-electron chi connectivity index (χ3n) is 2.31. The first-order valence-electron chi connectivity index (χ1n) is 4.63. The van der Waals surface area contributed by atoms with Crippen molar-refractivity contribution in [2.24, 2.45) is 0 Å². The summed E-state index contributed by atoms with van der Waals surface area (Å²) in [5, 5.41) is 8.79. The van der Waals surface area contributed by atoms with Gasteiger partial charge in [-0.2, -0.15) is 4.31 Å². The highest BCUT2D eigenvalue weighted by Crippen LogP contribution is 2.17. The first-order valence-corrected chi connectivity index (χ1v) is 5.69. The summed E-state index contributed by atoms with van der Waals surface area (Å²) in [6.07, 6.45) is 0. The Labute approximate surface area is 86.4 Å². The molecule has 0 spiro atoms. The van der Waals surface area contributed by atoms with Gasteiger partial charge in [0.1, 0.15) is 6.04 Å². The van der Waals surface area contributed by atoms with E-state index >= 15 is 0 Å². The number of carbonyl (C=O) groups is 1. The highest BCUT2D eigenvalue weighted by Gasteiger charge is 2.36. The Morgan fingerprint density at radius 1 is 1.29 bits per heavy atom. The molecule has 5 nitrogen and oxygen atoms in total. The molecule has 2 atom stereocenters. The molecule has 82 valence electrons. The predicted molar refractivity (Wildman–Crippen MR) is 53.8 cm³/mol. The highest BCUT2D eigenvalue weighted by atomic mass is 32.2. The van der Waals surface area contributed by atoms with E-state index in [9.17, 15) is 9.00 Å². The molecule has 1 N–H and O–H groups in total. The van der Waals surface area contributed by atoms with E-state index in [2.05, 4.69) is 0 Å². The minimum atomic E-state index is -1.29. The molecule has 14 heavy (non-hydrogen) atoms. The minimum absolute atomic E-state index is 0.182. The summed E-state index contributed by atoms with van der Waals surface area (Å²) in [6.45, 7) is 6.68. The zero-order chi connectivity index (χ0) is 10.9. The van der Waals surface area contributed by atoms with Gasteiger partial charge in [0.2, 0.25) is 0 Å². The van der Waals surface area contributed by atoms with Gasteiger partial charge in [0.05, 0.1) is 0 Å². The van der Waals surface area contributed by atoms with Crippen LogP contribution in [0.1, 0.15) is 20.8 Å². The largest absolute Gasteiger partial charge is 0.480 e. The topological polar surface area (TPSA) is 60.9 Å². The Morgan fingerprint density at radius 3 is 2.14 bits per heavy atom. The van der Waals surface area contributed by atoms with Crippen molar-refractivity contribution in [2.75, 3.05) is 13.1 Å². The second-order valence-electron chi connectivity index (χ2n) is 3.62. The average molecular weight is 220 g/mol. The first kappa shape index (κ1) is 11.6. The third kappa shape index (κ3) is 2.13. The van der Waals surface area contributed by atoms with E-state index in [1.807, 2.05) is 13.8 Å². The van der Waals surface area contributed by atoms with Crippen molar-refractivity contribution in [2.45, 2.75) is 32.9 Å². The van der Waals surface area contributed by atoms with Crippen LogP contribution in [0.25, 0.3) is 0 Å². The SMILES string of the molecule is CC(C)N1CCN([C@H](C)C(=O)O)S1=O. The van der Waals surface area contributed by atoms with Gasteiger partial charge in [0.15, 0.2) is 11.2 Å². The highest BCUT2D eigenvalue weighted by molar-refractivity contribution is 7.80. The Morgan fingerprint density at radius 2 is 1.79 bits per heavy atom. The van der Waals surface area contributed by atoms with Crippen molar-refractivity contribution in [1.29, 1.82) is 0 Å². The summed E-state index contributed by atoms with van der Waals surface area (Å²) >= 11 is -1.29. The number of nitrogens with zero attached hydrogens (tertiary/aromatic N) is 2. The Kier molecular flexibility index (Phi) is 3.63. The van der Waals surface area contributed by atoms with Crippen molar-refractivity contribution < 1.29 is 14.1 Å². The molecule has 1 rings (SSSR count). The van der Waals surface area contributed by atoms with Crippen LogP contribution in [0.3, 0.4) is 0 Å². The Hall–Kier alpha value is -0.460. The molecule has 0 aliphatic carbocycles. The van der Waals surface area contributed by atoms with E-state index in [0.29, 0.717) is 13.1 Å². The summed E-state index contributed by atoms with van der Waals surface area (Å²) in [4.78, 5) is 10.7. The van der Waals surface area contributed by atoms with E-state index in [0.717, 1.165) is 0 Å². The number of aliphatic carboxylic acids is 1. The van der Waals surface area contributed by atoms with Gasteiger partial charge in [-0.25, -0.2) is 8.51 Å². The molecule has 0 aromatic heterocycles. The van der Waals surface area contributed by atoms with Crippen LogP contribution in [0.2, 0.25) is 0 Å². The zero-order valence-electron chi connectivity index (χ0n) is 8.64. The molecule has 6 heteroatoms. The lowest BCUT2D eigenvalue weighted by Crippen LogP contribution is -2.40. The van der Waals surface area contributed by atoms with E-state index in [-0.39, 0.29) is 6.04 Å². The van der Waals surface area contributed by atoms with E-state index < -0.39 is 23.2 Å². The van der Waals surface area contributed by atoms with Gasteiger partial charge < -0.3 is 5.11 Å². The number of carboxylic acid groups (broad SMARTS) is 1. The van der Waals surface area contributed by atoms with Crippen LogP contribution in [0, 0.1) is 0 Å².